The van der Waals surface area contributed by atoms with Crippen molar-refractivity contribution in [2.45, 2.75) is 44.9 Å². The zero-order chi connectivity index (χ0) is 12.3. The predicted molar refractivity (Wildman–Crippen MR) is 58.8 cm³/mol. The van der Waals surface area contributed by atoms with Crippen LogP contribution in [0, 0.1) is 6.57 Å². The number of ether oxygens (including phenoxy) is 1. The van der Waals surface area contributed by atoms with E-state index >= 15 is 0 Å². The third-order valence-electron chi connectivity index (χ3n) is 2.41. The molecule has 0 aromatic carbocycles. The largest absolute Gasteiger partial charge is 0.444 e. The Morgan fingerprint density at radius 2 is 2.25 bits per heavy atom. The molecule has 0 aromatic heterocycles. The number of aliphatic hydroxyl groups excluding tert-OH is 1. The maximum Gasteiger partial charge on any atom is 0.410 e. The fourth-order valence-corrected chi connectivity index (χ4v) is 1.70. The molecule has 0 bridgehead atoms. The van der Waals surface area contributed by atoms with Gasteiger partial charge in [0.1, 0.15) is 5.60 Å². The smallest absolute Gasteiger partial charge is 0.410 e. The molecule has 5 heteroatoms. The molecule has 0 radical (unpaired) electrons. The van der Waals surface area contributed by atoms with Crippen molar-refractivity contribution < 1.29 is 14.6 Å². The molecule has 1 amide bonds. The monoisotopic (exact) mass is 226 g/mol. The molecule has 1 fully saturated rings. The molecular weight excluding hydrogens is 208 g/mol. The van der Waals surface area contributed by atoms with Crippen LogP contribution in [0.4, 0.5) is 4.79 Å². The van der Waals surface area contributed by atoms with Crippen LogP contribution < -0.4 is 0 Å². The van der Waals surface area contributed by atoms with Gasteiger partial charge in [0, 0.05) is 6.42 Å². The van der Waals surface area contributed by atoms with Crippen LogP contribution in [0.15, 0.2) is 0 Å². The van der Waals surface area contributed by atoms with E-state index in [1.165, 1.54) is 4.90 Å². The molecule has 1 N–H and O–H groups in total. The van der Waals surface area contributed by atoms with Crippen molar-refractivity contribution in [1.82, 2.24) is 4.90 Å². The molecule has 1 aliphatic rings. The summed E-state index contributed by atoms with van der Waals surface area (Å²) in [6, 6.07) is -0.501. The highest BCUT2D eigenvalue weighted by molar-refractivity contribution is 5.69. The van der Waals surface area contributed by atoms with Crippen molar-refractivity contribution in [3.8, 4) is 0 Å². The van der Waals surface area contributed by atoms with Gasteiger partial charge in [0.05, 0.1) is 19.2 Å². The maximum atomic E-state index is 11.8. The lowest BCUT2D eigenvalue weighted by Gasteiger charge is -2.26. The number of hydrogen-bond acceptors (Lipinski definition) is 3. The Balaban J connectivity index is 2.65. The first kappa shape index (κ1) is 12.8. The van der Waals surface area contributed by atoms with Gasteiger partial charge in [0.15, 0.2) is 0 Å². The van der Waals surface area contributed by atoms with Crippen LogP contribution >= 0.6 is 0 Å². The SMILES string of the molecule is [C-]#[N+]C1C[C@@H](CO)N(C(=O)OC(C)(C)C)C1. The Morgan fingerprint density at radius 1 is 1.62 bits per heavy atom. The Labute approximate surface area is 95.8 Å². The molecule has 1 rings (SSSR count). The molecule has 0 saturated carbocycles. The van der Waals surface area contributed by atoms with E-state index < -0.39 is 11.7 Å². The molecule has 90 valence electrons. The summed E-state index contributed by atoms with van der Waals surface area (Å²) in [7, 11) is 0. The lowest BCUT2D eigenvalue weighted by atomic mass is 10.2. The first-order chi connectivity index (χ1) is 7.37. The lowest BCUT2D eigenvalue weighted by molar-refractivity contribution is 0.0175. The minimum atomic E-state index is -0.548. The van der Waals surface area contributed by atoms with Crippen LogP contribution in [0.1, 0.15) is 27.2 Å². The molecule has 5 nitrogen and oxygen atoms in total. The second kappa shape index (κ2) is 4.71. The number of rotatable bonds is 1. The average Bonchev–Trinajstić information content (AvgIpc) is 2.58. The zero-order valence-electron chi connectivity index (χ0n) is 9.93. The van der Waals surface area contributed by atoms with Crippen molar-refractivity contribution in [3.05, 3.63) is 11.4 Å². The van der Waals surface area contributed by atoms with Gasteiger partial charge in [-0.3, -0.25) is 4.90 Å². The quantitative estimate of drug-likeness (QED) is 0.685. The molecule has 1 heterocycles. The molecule has 16 heavy (non-hydrogen) atoms. The molecule has 1 saturated heterocycles. The molecule has 1 unspecified atom stereocenters. The van der Waals surface area contributed by atoms with E-state index in [2.05, 4.69) is 4.85 Å². The van der Waals surface area contributed by atoms with Gasteiger partial charge in [-0.2, -0.15) is 0 Å². The summed E-state index contributed by atoms with van der Waals surface area (Å²) in [5, 5.41) is 9.14. The van der Waals surface area contributed by atoms with Gasteiger partial charge in [-0.1, -0.05) is 0 Å². The first-order valence-electron chi connectivity index (χ1n) is 5.34. The second-order valence-electron chi connectivity index (χ2n) is 4.99. The highest BCUT2D eigenvalue weighted by atomic mass is 16.6. The van der Waals surface area contributed by atoms with Gasteiger partial charge >= 0.3 is 6.09 Å². The second-order valence-corrected chi connectivity index (χ2v) is 4.99. The molecule has 2 atom stereocenters. The van der Waals surface area contributed by atoms with Crippen LogP contribution in [0.25, 0.3) is 4.85 Å². The summed E-state index contributed by atoms with van der Waals surface area (Å²) in [5.41, 5.74) is -0.548. The topological polar surface area (TPSA) is 54.1 Å². The van der Waals surface area contributed by atoms with Gasteiger partial charge in [-0.15, -0.1) is 0 Å². The average molecular weight is 226 g/mol. The van der Waals surface area contributed by atoms with E-state index in [0.29, 0.717) is 13.0 Å². The minimum absolute atomic E-state index is 0.120. The van der Waals surface area contributed by atoms with Crippen molar-refractivity contribution in [2.24, 2.45) is 0 Å². The van der Waals surface area contributed by atoms with E-state index in [9.17, 15) is 4.79 Å². The number of aliphatic hydroxyl groups is 1. The van der Waals surface area contributed by atoms with Gasteiger partial charge < -0.3 is 14.7 Å². The number of hydrogen-bond donors (Lipinski definition) is 1. The molecule has 1 aliphatic heterocycles. The van der Waals surface area contributed by atoms with E-state index in [0.717, 1.165) is 0 Å². The van der Waals surface area contributed by atoms with E-state index in [1.807, 2.05) is 0 Å². The highest BCUT2D eigenvalue weighted by Crippen LogP contribution is 2.22. The number of carbonyl (C=O) groups is 1. The Morgan fingerprint density at radius 3 is 2.69 bits per heavy atom. The van der Waals surface area contributed by atoms with Gasteiger partial charge in [0.25, 0.3) is 0 Å². The van der Waals surface area contributed by atoms with Crippen LogP contribution in [-0.2, 0) is 4.74 Å². The summed E-state index contributed by atoms with van der Waals surface area (Å²) < 4.78 is 5.22. The van der Waals surface area contributed by atoms with Crippen LogP contribution in [0.3, 0.4) is 0 Å². The van der Waals surface area contributed by atoms with Crippen LogP contribution in [0.5, 0.6) is 0 Å². The van der Waals surface area contributed by atoms with Crippen LogP contribution in [-0.4, -0.2) is 46.9 Å². The van der Waals surface area contributed by atoms with Gasteiger partial charge in [0.2, 0.25) is 6.04 Å². The number of amides is 1. The fourth-order valence-electron chi connectivity index (χ4n) is 1.70. The Bertz CT molecular complexity index is 303. The number of carbonyl (C=O) groups excluding carboxylic acids is 1. The fraction of sp³-hybridized carbons (Fsp3) is 0.818. The standard InChI is InChI=1S/C11H18N2O3/c1-11(2,3)16-10(15)13-6-8(12-4)5-9(13)7-14/h8-9,14H,5-7H2,1-3H3/t8?,9-/m0/s1. The van der Waals surface area contributed by atoms with E-state index in [1.54, 1.807) is 20.8 Å². The molecule has 0 spiro atoms. The summed E-state index contributed by atoms with van der Waals surface area (Å²) >= 11 is 0. The highest BCUT2D eigenvalue weighted by Gasteiger charge is 2.40. The lowest BCUT2D eigenvalue weighted by Crippen LogP contribution is -2.41. The minimum Gasteiger partial charge on any atom is -0.444 e. The van der Waals surface area contributed by atoms with Gasteiger partial charge in [-0.25, -0.2) is 11.4 Å². The summed E-state index contributed by atoms with van der Waals surface area (Å²) in [4.78, 5) is 16.6. The van der Waals surface area contributed by atoms with Crippen molar-refractivity contribution in [3.63, 3.8) is 0 Å². The van der Waals surface area contributed by atoms with Gasteiger partial charge in [-0.05, 0) is 20.8 Å². The predicted octanol–water partition coefficient (Wildman–Crippen LogP) is 1.28. The van der Waals surface area contributed by atoms with E-state index in [4.69, 9.17) is 16.4 Å². The van der Waals surface area contributed by atoms with Crippen molar-refractivity contribution in [1.29, 1.82) is 0 Å². The molecule has 0 aliphatic carbocycles. The van der Waals surface area contributed by atoms with Crippen molar-refractivity contribution in [2.75, 3.05) is 13.2 Å². The maximum absolute atomic E-state index is 11.8. The summed E-state index contributed by atoms with van der Waals surface area (Å²) in [6.45, 7) is 12.6. The summed E-state index contributed by atoms with van der Waals surface area (Å²) in [6.07, 6.45) is 0.0805. The third-order valence-corrected chi connectivity index (χ3v) is 2.41. The normalized spacial score (nSPS) is 25.3. The Kier molecular flexibility index (Phi) is 3.76. The summed E-state index contributed by atoms with van der Waals surface area (Å²) in [5.74, 6) is 0. The number of likely N-dealkylation sites (tertiary alicyclic amines) is 1. The van der Waals surface area contributed by atoms with Crippen molar-refractivity contribution >= 4 is 6.09 Å². The zero-order valence-corrected chi connectivity index (χ0v) is 9.93. The number of nitrogens with zero attached hydrogens (tertiary/aromatic N) is 2. The van der Waals surface area contributed by atoms with Crippen LogP contribution in [0.2, 0.25) is 0 Å². The molecule has 0 aromatic rings. The third kappa shape index (κ3) is 3.11. The van der Waals surface area contributed by atoms with E-state index in [-0.39, 0.29) is 18.7 Å². The Hall–Kier alpha value is -1.28. The first-order valence-corrected chi connectivity index (χ1v) is 5.34. The molecular formula is C11H18N2O3.